The molecule has 2 bridgehead atoms. The number of aliphatic hydroxyl groups is 1. The molecule has 3 fully saturated rings. The van der Waals surface area contributed by atoms with Gasteiger partial charge >= 0.3 is 5.97 Å². The summed E-state index contributed by atoms with van der Waals surface area (Å²) < 4.78 is 12.9. The highest BCUT2D eigenvalue weighted by Gasteiger charge is 2.67. The van der Waals surface area contributed by atoms with Gasteiger partial charge in [-0.15, -0.1) is 0 Å². The highest BCUT2D eigenvalue weighted by atomic mass is 16.6. The van der Waals surface area contributed by atoms with Gasteiger partial charge < -0.3 is 19.5 Å². The number of hydrogen-bond acceptors (Lipinski definition) is 7. The van der Waals surface area contributed by atoms with E-state index in [2.05, 4.69) is 40.1 Å². The van der Waals surface area contributed by atoms with Crippen molar-refractivity contribution in [2.45, 2.75) is 114 Å². The van der Waals surface area contributed by atoms with E-state index in [-0.39, 0.29) is 41.3 Å². The number of hydrogen-bond donors (Lipinski definition) is 1. The number of benzene rings is 3. The molecule has 3 aromatic rings. The van der Waals surface area contributed by atoms with Crippen LogP contribution in [0.3, 0.4) is 0 Å². The summed E-state index contributed by atoms with van der Waals surface area (Å²) in [5.41, 5.74) is 4.24. The molecule has 2 aliphatic heterocycles. The van der Waals surface area contributed by atoms with Crippen LogP contribution in [0.2, 0.25) is 0 Å². The fraction of sp³-hybridized carbons (Fsp3) is 0.523. The number of aryl methyl sites for hydroxylation is 1. The minimum absolute atomic E-state index is 0.104. The van der Waals surface area contributed by atoms with Crippen LogP contribution in [0.15, 0.2) is 72.8 Å². The van der Waals surface area contributed by atoms with Crippen molar-refractivity contribution in [1.29, 1.82) is 0 Å². The highest BCUT2D eigenvalue weighted by molar-refractivity contribution is 5.96. The highest BCUT2D eigenvalue weighted by Crippen LogP contribution is 2.64. The van der Waals surface area contributed by atoms with Gasteiger partial charge in [-0.05, 0) is 93.9 Å². The average Bonchev–Trinajstić information content (AvgIpc) is 3.74. The molecule has 8 nitrogen and oxygen atoms in total. The first-order valence-electron chi connectivity index (χ1n) is 19.7. The number of unbranched alkanes of at least 4 members (excludes halogenated alkanes) is 2. The number of ether oxygens (including phenoxy) is 2. The van der Waals surface area contributed by atoms with Gasteiger partial charge in [0.1, 0.15) is 6.10 Å². The van der Waals surface area contributed by atoms with E-state index in [1.54, 1.807) is 0 Å². The predicted octanol–water partition coefficient (Wildman–Crippen LogP) is 6.70. The van der Waals surface area contributed by atoms with E-state index in [1.807, 2.05) is 42.5 Å². The number of carbonyl (C=O) groups excluding carboxylic acids is 3. The van der Waals surface area contributed by atoms with Crippen molar-refractivity contribution in [2.24, 2.45) is 11.8 Å². The van der Waals surface area contributed by atoms with Gasteiger partial charge in [-0.3, -0.25) is 19.3 Å². The van der Waals surface area contributed by atoms with Crippen LogP contribution in [-0.2, 0) is 27.8 Å². The van der Waals surface area contributed by atoms with Crippen LogP contribution in [0.4, 0.5) is 0 Å². The first-order chi connectivity index (χ1) is 25.3. The first kappa shape index (κ1) is 35.0. The molecule has 1 spiro atoms. The Labute approximate surface area is 307 Å². The molecule has 0 aromatic heterocycles. The normalized spacial score (nSPS) is 28.0. The molecule has 52 heavy (non-hydrogen) atoms. The third-order valence-corrected chi connectivity index (χ3v) is 12.8. The summed E-state index contributed by atoms with van der Waals surface area (Å²) in [5, 5.41) is 10.2. The number of ketones is 1. The lowest BCUT2D eigenvalue weighted by Gasteiger charge is -2.60. The van der Waals surface area contributed by atoms with E-state index in [0.29, 0.717) is 61.6 Å². The van der Waals surface area contributed by atoms with Crippen LogP contribution >= 0.6 is 0 Å². The molecule has 2 saturated carbocycles. The van der Waals surface area contributed by atoms with Gasteiger partial charge in [-0.2, -0.15) is 0 Å². The fourth-order valence-electron chi connectivity index (χ4n) is 10.3. The molecule has 0 radical (unpaired) electrons. The second kappa shape index (κ2) is 14.8. The maximum Gasteiger partial charge on any atom is 0.308 e. The molecule has 2 heterocycles. The zero-order valence-corrected chi connectivity index (χ0v) is 30.4. The van der Waals surface area contributed by atoms with E-state index in [4.69, 9.17) is 9.47 Å². The van der Waals surface area contributed by atoms with E-state index >= 15 is 0 Å². The van der Waals surface area contributed by atoms with Gasteiger partial charge in [-0.1, -0.05) is 66.7 Å². The second-order valence-electron chi connectivity index (χ2n) is 16.0. The maximum atomic E-state index is 14.4. The zero-order chi connectivity index (χ0) is 35.8. The van der Waals surface area contributed by atoms with Crippen molar-refractivity contribution < 1.29 is 29.0 Å². The summed E-state index contributed by atoms with van der Waals surface area (Å²) in [6.45, 7) is 3.95. The third kappa shape index (κ3) is 6.69. The molecule has 7 atom stereocenters. The summed E-state index contributed by atoms with van der Waals surface area (Å²) in [6, 6.07) is 24.2. The molecule has 274 valence electrons. The van der Waals surface area contributed by atoms with Gasteiger partial charge in [0.15, 0.2) is 17.3 Å². The Morgan fingerprint density at radius 1 is 0.942 bits per heavy atom. The lowest BCUT2D eigenvalue weighted by molar-refractivity contribution is -0.143. The molecular formula is C44H52N2O6. The Kier molecular flexibility index (Phi) is 9.96. The SMILES string of the molecule is CC(=O)Oc1ccc2c3c1O[C@H]1[C@H](N(CCCCc4ccccc4)C(=O)CCCCC(=O)c4ccccc4)CC[C@H]4[C@@H](C2)N(CC2CC2O)CC[C@@]341. The average molecular weight is 705 g/mol. The van der Waals surface area contributed by atoms with Crippen molar-refractivity contribution in [1.82, 2.24) is 9.80 Å². The summed E-state index contributed by atoms with van der Waals surface area (Å²) in [5.74, 6) is 1.80. The monoisotopic (exact) mass is 704 g/mol. The molecule has 5 aliphatic rings. The molecule has 1 N–H and O–H groups in total. The predicted molar refractivity (Wildman–Crippen MR) is 198 cm³/mol. The molecule has 2 unspecified atom stereocenters. The number of piperidine rings is 1. The molecule has 8 heteroatoms. The number of likely N-dealkylation sites (tertiary alicyclic amines) is 1. The summed E-state index contributed by atoms with van der Waals surface area (Å²) in [7, 11) is 0. The molecule has 1 saturated heterocycles. The zero-order valence-electron chi connectivity index (χ0n) is 30.4. The number of nitrogens with zero attached hydrogens (tertiary/aromatic N) is 2. The van der Waals surface area contributed by atoms with Crippen molar-refractivity contribution in [3.63, 3.8) is 0 Å². The quantitative estimate of drug-likeness (QED) is 0.0815. The Balaban J connectivity index is 1.05. The fourth-order valence-corrected chi connectivity index (χ4v) is 10.3. The number of Topliss-reactive ketones (excluding diaryl/α,β-unsaturated/α-hetero) is 1. The van der Waals surface area contributed by atoms with Gasteiger partial charge in [0.25, 0.3) is 0 Å². The summed E-state index contributed by atoms with van der Waals surface area (Å²) in [4.78, 5) is 44.3. The molecule has 3 aromatic carbocycles. The van der Waals surface area contributed by atoms with Crippen molar-refractivity contribution in [3.8, 4) is 11.5 Å². The van der Waals surface area contributed by atoms with E-state index in [1.165, 1.54) is 23.6 Å². The van der Waals surface area contributed by atoms with Crippen molar-refractivity contribution in [3.05, 3.63) is 95.1 Å². The van der Waals surface area contributed by atoms with Crippen LogP contribution in [0.1, 0.15) is 98.2 Å². The number of esters is 1. The number of carbonyl (C=O) groups is 3. The number of amides is 1. The number of rotatable bonds is 15. The van der Waals surface area contributed by atoms with Crippen LogP contribution in [-0.4, -0.2) is 76.5 Å². The van der Waals surface area contributed by atoms with Crippen LogP contribution in [0.25, 0.3) is 0 Å². The first-order valence-corrected chi connectivity index (χ1v) is 19.7. The Bertz CT molecular complexity index is 1780. The second-order valence-corrected chi connectivity index (χ2v) is 16.0. The van der Waals surface area contributed by atoms with Crippen LogP contribution in [0.5, 0.6) is 11.5 Å². The van der Waals surface area contributed by atoms with Gasteiger partial charge in [0, 0.05) is 61.4 Å². The lowest BCUT2D eigenvalue weighted by atomic mass is 9.51. The van der Waals surface area contributed by atoms with E-state index in [9.17, 15) is 19.5 Å². The minimum Gasteiger partial charge on any atom is -0.483 e. The van der Waals surface area contributed by atoms with Crippen LogP contribution < -0.4 is 9.47 Å². The Hall–Kier alpha value is -4.01. The van der Waals surface area contributed by atoms with Crippen molar-refractivity contribution in [2.75, 3.05) is 19.6 Å². The molecule has 3 aliphatic carbocycles. The standard InChI is InChI=1S/C44H52N2O6/c1-29(47)51-39-22-19-32-26-36-34-20-21-35(43-44(34,41(32)42(39)52-43)23-25-45(36)28-33-27-38(33)49)46(24-11-10-14-30-12-4-2-5-13-30)40(50)18-9-8-17-37(48)31-15-6-3-7-16-31/h2-7,12-13,15-16,19,22,33-36,38,43,49H,8-11,14,17-18,20-21,23-28H2,1H3/t33?,34-,35+,36+,38?,43-,44-/m0/s1. The number of aliphatic hydroxyl groups excluding tert-OH is 1. The van der Waals surface area contributed by atoms with E-state index in [0.717, 1.165) is 70.0 Å². The smallest absolute Gasteiger partial charge is 0.308 e. The summed E-state index contributed by atoms with van der Waals surface area (Å²) in [6.07, 6.45) is 9.18. The van der Waals surface area contributed by atoms with Crippen LogP contribution in [0, 0.1) is 11.8 Å². The largest absolute Gasteiger partial charge is 0.483 e. The molecule has 8 rings (SSSR count). The van der Waals surface area contributed by atoms with Gasteiger partial charge in [-0.25, -0.2) is 0 Å². The molecular weight excluding hydrogens is 652 g/mol. The minimum atomic E-state index is -0.368. The topological polar surface area (TPSA) is 96.4 Å². The Morgan fingerprint density at radius 3 is 2.44 bits per heavy atom. The van der Waals surface area contributed by atoms with Crippen molar-refractivity contribution >= 4 is 17.7 Å². The van der Waals surface area contributed by atoms with E-state index < -0.39 is 0 Å². The summed E-state index contributed by atoms with van der Waals surface area (Å²) >= 11 is 0. The van der Waals surface area contributed by atoms with Gasteiger partial charge in [0.2, 0.25) is 5.91 Å². The third-order valence-electron chi connectivity index (χ3n) is 12.8. The lowest BCUT2D eigenvalue weighted by Crippen LogP contribution is -2.69. The Morgan fingerprint density at radius 2 is 1.69 bits per heavy atom. The maximum absolute atomic E-state index is 14.4. The molecule has 1 amide bonds. The van der Waals surface area contributed by atoms with Gasteiger partial charge in [0.05, 0.1) is 12.1 Å².